The maximum atomic E-state index is 12.4. The van der Waals surface area contributed by atoms with Crippen molar-refractivity contribution in [1.29, 1.82) is 0 Å². The second-order valence-electron chi connectivity index (χ2n) is 5.51. The summed E-state index contributed by atoms with van der Waals surface area (Å²) < 4.78 is 15.2. The monoisotopic (exact) mass is 411 g/mol. The van der Waals surface area contributed by atoms with Crippen LogP contribution in [-0.2, 0) is 16.0 Å². The lowest BCUT2D eigenvalue weighted by molar-refractivity contribution is -0.116. The molecular weight excluding hydrogens is 393 g/mol. The molecule has 144 valence electrons. The van der Waals surface area contributed by atoms with Crippen molar-refractivity contribution >= 4 is 40.8 Å². The van der Waals surface area contributed by atoms with E-state index in [-0.39, 0.29) is 23.6 Å². The van der Waals surface area contributed by atoms with E-state index in [0.717, 1.165) is 5.56 Å². The van der Waals surface area contributed by atoms with Gasteiger partial charge in [0.15, 0.2) is 11.5 Å². The van der Waals surface area contributed by atoms with Gasteiger partial charge in [-0.1, -0.05) is 35.3 Å². The van der Waals surface area contributed by atoms with E-state index in [0.29, 0.717) is 28.0 Å². The van der Waals surface area contributed by atoms with Crippen molar-refractivity contribution in [3.63, 3.8) is 0 Å². The van der Waals surface area contributed by atoms with Crippen molar-refractivity contribution in [2.75, 3.05) is 26.6 Å². The van der Waals surface area contributed by atoms with Crippen molar-refractivity contribution in [2.24, 2.45) is 0 Å². The number of methoxy groups -OCH3 is 3. The Balaban J connectivity index is 2.20. The summed E-state index contributed by atoms with van der Waals surface area (Å²) in [6.07, 6.45) is 0.543. The normalized spacial score (nSPS) is 10.3. The third-order valence-electron chi connectivity index (χ3n) is 3.86. The molecule has 2 aromatic rings. The highest BCUT2D eigenvalue weighted by Gasteiger charge is 2.19. The molecule has 1 amide bonds. The lowest BCUT2D eigenvalue weighted by Gasteiger charge is -2.14. The molecule has 0 heterocycles. The summed E-state index contributed by atoms with van der Waals surface area (Å²) in [6, 6.07) is 8.21. The Bertz CT molecular complexity index is 854. The number of halogens is 2. The zero-order valence-electron chi connectivity index (χ0n) is 15.1. The Labute approximate surface area is 167 Å². The highest BCUT2D eigenvalue weighted by Crippen LogP contribution is 2.34. The quantitative estimate of drug-likeness (QED) is 0.684. The van der Waals surface area contributed by atoms with E-state index in [4.69, 9.17) is 37.4 Å². The van der Waals surface area contributed by atoms with Crippen molar-refractivity contribution in [3.8, 4) is 11.5 Å². The van der Waals surface area contributed by atoms with Crippen LogP contribution in [0, 0.1) is 0 Å². The number of nitrogens with one attached hydrogen (secondary N) is 1. The zero-order valence-corrected chi connectivity index (χ0v) is 16.6. The number of hydrogen-bond acceptors (Lipinski definition) is 5. The van der Waals surface area contributed by atoms with Crippen LogP contribution < -0.4 is 14.8 Å². The molecule has 2 aromatic carbocycles. The average Bonchev–Trinajstić information content (AvgIpc) is 2.68. The maximum absolute atomic E-state index is 12.4. The van der Waals surface area contributed by atoms with E-state index >= 15 is 0 Å². The van der Waals surface area contributed by atoms with Crippen LogP contribution in [-0.4, -0.2) is 33.2 Å². The summed E-state index contributed by atoms with van der Waals surface area (Å²) >= 11 is 12.1. The lowest BCUT2D eigenvalue weighted by atomic mass is 10.1. The predicted molar refractivity (Wildman–Crippen MR) is 104 cm³/mol. The topological polar surface area (TPSA) is 73.9 Å². The average molecular weight is 412 g/mol. The van der Waals surface area contributed by atoms with Crippen LogP contribution in [0.2, 0.25) is 10.0 Å². The molecule has 8 heteroatoms. The number of anilines is 1. The SMILES string of the molecule is COC(=O)c1cc(OC)c(OC)cc1NC(=O)CCc1cccc(Cl)c1Cl. The Kier molecular flexibility index (Phi) is 7.33. The van der Waals surface area contributed by atoms with Crippen LogP contribution in [0.1, 0.15) is 22.3 Å². The molecule has 0 saturated carbocycles. The van der Waals surface area contributed by atoms with Gasteiger partial charge in [0.1, 0.15) is 0 Å². The van der Waals surface area contributed by atoms with Gasteiger partial charge in [0.25, 0.3) is 0 Å². The minimum Gasteiger partial charge on any atom is -0.493 e. The fourth-order valence-corrected chi connectivity index (χ4v) is 2.88. The first-order valence-corrected chi connectivity index (χ1v) is 8.74. The Hall–Kier alpha value is -2.44. The molecule has 0 radical (unpaired) electrons. The van der Waals surface area contributed by atoms with Crippen molar-refractivity contribution in [1.82, 2.24) is 0 Å². The minimum absolute atomic E-state index is 0.148. The molecule has 0 aliphatic carbocycles. The number of carbonyl (C=O) groups excluding carboxylic acids is 2. The molecule has 0 bridgehead atoms. The fraction of sp³-hybridized carbons (Fsp3) is 0.263. The van der Waals surface area contributed by atoms with E-state index in [1.54, 1.807) is 18.2 Å². The first kappa shape index (κ1) is 20.9. The van der Waals surface area contributed by atoms with Gasteiger partial charge >= 0.3 is 5.97 Å². The number of ether oxygens (including phenoxy) is 3. The zero-order chi connectivity index (χ0) is 20.0. The molecule has 0 atom stereocenters. The second-order valence-corrected chi connectivity index (χ2v) is 6.29. The van der Waals surface area contributed by atoms with E-state index in [1.165, 1.54) is 33.5 Å². The van der Waals surface area contributed by atoms with Crippen molar-refractivity contribution in [2.45, 2.75) is 12.8 Å². The Morgan fingerprint density at radius 3 is 2.33 bits per heavy atom. The summed E-state index contributed by atoms with van der Waals surface area (Å²) in [4.78, 5) is 24.4. The largest absolute Gasteiger partial charge is 0.493 e. The van der Waals surface area contributed by atoms with Gasteiger partial charge in [0, 0.05) is 18.6 Å². The molecule has 0 spiro atoms. The molecule has 0 aliphatic rings. The molecule has 0 aromatic heterocycles. The van der Waals surface area contributed by atoms with Crippen molar-refractivity contribution in [3.05, 3.63) is 51.5 Å². The fourth-order valence-electron chi connectivity index (χ4n) is 2.46. The van der Waals surface area contributed by atoms with E-state index in [1.807, 2.05) is 0 Å². The van der Waals surface area contributed by atoms with Gasteiger partial charge in [0.05, 0.1) is 42.6 Å². The van der Waals surface area contributed by atoms with Crippen LogP contribution in [0.15, 0.2) is 30.3 Å². The van der Waals surface area contributed by atoms with Crippen LogP contribution in [0.3, 0.4) is 0 Å². The summed E-state index contributed by atoms with van der Waals surface area (Å²) in [6.45, 7) is 0. The summed E-state index contributed by atoms with van der Waals surface area (Å²) in [5.41, 5.74) is 1.19. The summed E-state index contributed by atoms with van der Waals surface area (Å²) in [5.74, 6) is -0.187. The number of aryl methyl sites for hydroxylation is 1. The van der Waals surface area contributed by atoms with E-state index in [9.17, 15) is 9.59 Å². The summed E-state index contributed by atoms with van der Waals surface area (Å²) in [5, 5.41) is 3.56. The number of rotatable bonds is 7. The molecule has 0 unspecified atom stereocenters. The van der Waals surface area contributed by atoms with Crippen LogP contribution in [0.4, 0.5) is 5.69 Å². The number of carbonyl (C=O) groups is 2. The smallest absolute Gasteiger partial charge is 0.340 e. The van der Waals surface area contributed by atoms with Crippen LogP contribution in [0.5, 0.6) is 11.5 Å². The first-order valence-electron chi connectivity index (χ1n) is 7.98. The lowest BCUT2D eigenvalue weighted by Crippen LogP contribution is -2.16. The highest BCUT2D eigenvalue weighted by atomic mass is 35.5. The molecule has 0 saturated heterocycles. The van der Waals surface area contributed by atoms with Crippen LogP contribution in [0.25, 0.3) is 0 Å². The third kappa shape index (κ3) is 5.05. The van der Waals surface area contributed by atoms with Crippen molar-refractivity contribution < 1.29 is 23.8 Å². The molecule has 0 fully saturated rings. The molecule has 6 nitrogen and oxygen atoms in total. The van der Waals surface area contributed by atoms with Gasteiger partial charge in [-0.05, 0) is 18.1 Å². The molecule has 27 heavy (non-hydrogen) atoms. The first-order chi connectivity index (χ1) is 12.9. The number of amides is 1. The predicted octanol–water partition coefficient (Wildman–Crippen LogP) is 4.37. The Morgan fingerprint density at radius 2 is 1.70 bits per heavy atom. The van der Waals surface area contributed by atoms with Gasteiger partial charge in [-0.25, -0.2) is 4.79 Å². The number of benzene rings is 2. The number of esters is 1. The minimum atomic E-state index is -0.607. The second kappa shape index (κ2) is 9.48. The summed E-state index contributed by atoms with van der Waals surface area (Å²) in [7, 11) is 4.17. The standard InChI is InChI=1S/C19H19Cl2NO5/c1-25-15-9-12(19(24)27-3)14(10-16(15)26-2)22-17(23)8-7-11-5-4-6-13(20)18(11)21/h4-6,9-10H,7-8H2,1-3H3,(H,22,23). The Morgan fingerprint density at radius 1 is 1.04 bits per heavy atom. The van der Waals surface area contributed by atoms with Gasteiger partial charge in [-0.15, -0.1) is 0 Å². The van der Waals surface area contributed by atoms with E-state index < -0.39 is 5.97 Å². The molecular formula is C19H19Cl2NO5. The maximum Gasteiger partial charge on any atom is 0.340 e. The van der Waals surface area contributed by atoms with Gasteiger partial charge in [-0.3, -0.25) is 4.79 Å². The molecule has 2 rings (SSSR count). The van der Waals surface area contributed by atoms with Crippen LogP contribution >= 0.6 is 23.2 Å². The van der Waals surface area contributed by atoms with Gasteiger partial charge < -0.3 is 19.5 Å². The number of hydrogen-bond donors (Lipinski definition) is 1. The van der Waals surface area contributed by atoms with E-state index in [2.05, 4.69) is 5.32 Å². The molecule has 0 aliphatic heterocycles. The molecule has 1 N–H and O–H groups in total. The van der Waals surface area contributed by atoms with Gasteiger partial charge in [0.2, 0.25) is 5.91 Å². The highest BCUT2D eigenvalue weighted by molar-refractivity contribution is 6.42. The third-order valence-corrected chi connectivity index (χ3v) is 4.71. The van der Waals surface area contributed by atoms with Gasteiger partial charge in [-0.2, -0.15) is 0 Å².